The van der Waals surface area contributed by atoms with Gasteiger partial charge < -0.3 is 15.8 Å². The van der Waals surface area contributed by atoms with E-state index in [2.05, 4.69) is 10.3 Å². The van der Waals surface area contributed by atoms with Crippen molar-refractivity contribution in [2.45, 2.75) is 31.1 Å². The molecule has 0 aliphatic heterocycles. The summed E-state index contributed by atoms with van der Waals surface area (Å²) < 4.78 is 30.7. The molecule has 2 aromatic rings. The fourth-order valence-corrected chi connectivity index (χ4v) is 4.33. The fraction of sp³-hybridized carbons (Fsp3) is 0.375. The molecule has 1 heterocycles. The van der Waals surface area contributed by atoms with Crippen LogP contribution in [0, 0.1) is 0 Å². The second kappa shape index (κ2) is 7.40. The summed E-state index contributed by atoms with van der Waals surface area (Å²) in [4.78, 5) is 15.2. The first kappa shape index (κ1) is 19.2. The van der Waals surface area contributed by atoms with Crippen molar-refractivity contribution in [3.8, 4) is 5.75 Å². The number of hydrogen-bond donors (Lipinski definition) is 2. The predicted octanol–water partition coefficient (Wildman–Crippen LogP) is 2.27. The van der Waals surface area contributed by atoms with Gasteiger partial charge in [0, 0.05) is 17.0 Å². The van der Waals surface area contributed by atoms with Gasteiger partial charge in [0.25, 0.3) is 0 Å². The molecule has 3 N–H and O–H groups in total. The zero-order valence-electron chi connectivity index (χ0n) is 14.3. The molecule has 0 aliphatic carbocycles. The molecule has 2 rings (SSSR count). The van der Waals surface area contributed by atoms with E-state index in [-0.39, 0.29) is 10.6 Å². The Kier molecular flexibility index (Phi) is 5.69. The lowest BCUT2D eigenvalue weighted by atomic mass is 9.85. The van der Waals surface area contributed by atoms with Gasteiger partial charge in [-0.2, -0.15) is 0 Å². The van der Waals surface area contributed by atoms with Crippen molar-refractivity contribution in [3.05, 3.63) is 40.3 Å². The summed E-state index contributed by atoms with van der Waals surface area (Å²) >= 11 is 1.50. The molecule has 0 spiro atoms. The highest BCUT2D eigenvalue weighted by atomic mass is 32.2. The largest absolute Gasteiger partial charge is 0.493 e. The zero-order chi connectivity index (χ0) is 18.7. The first-order valence-electron chi connectivity index (χ1n) is 7.62. The number of nitrogens with zero attached hydrogens (tertiary/aromatic N) is 1. The van der Waals surface area contributed by atoms with Crippen molar-refractivity contribution in [2.75, 3.05) is 12.5 Å². The number of urea groups is 1. The lowest BCUT2D eigenvalue weighted by Crippen LogP contribution is -2.34. The summed E-state index contributed by atoms with van der Waals surface area (Å²) in [6.45, 7) is 6.03. The first-order chi connectivity index (χ1) is 11.7. The molecule has 136 valence electrons. The normalized spacial score (nSPS) is 12.0. The van der Waals surface area contributed by atoms with Gasteiger partial charge in [0.2, 0.25) is 0 Å². The maximum atomic E-state index is 12.6. The molecule has 0 saturated carbocycles. The molecule has 1 aromatic carbocycles. The van der Waals surface area contributed by atoms with Crippen LogP contribution < -0.4 is 15.8 Å². The minimum atomic E-state index is -3.81. The molecule has 0 bridgehead atoms. The molecule has 25 heavy (non-hydrogen) atoms. The number of sulfone groups is 1. The Labute approximate surface area is 151 Å². The van der Waals surface area contributed by atoms with E-state index in [9.17, 15) is 13.2 Å². The van der Waals surface area contributed by atoms with Crippen LogP contribution in [0.2, 0.25) is 0 Å². The Morgan fingerprint density at radius 3 is 2.68 bits per heavy atom. The van der Waals surface area contributed by atoms with Gasteiger partial charge in [0.15, 0.2) is 9.84 Å². The molecular formula is C16H21N3O4S2. The molecule has 2 amide bonds. The second-order valence-corrected chi connectivity index (χ2v) is 8.71. The molecule has 0 aliphatic rings. The highest BCUT2D eigenvalue weighted by Gasteiger charge is 2.29. The van der Waals surface area contributed by atoms with Crippen LogP contribution in [-0.2, 0) is 15.3 Å². The van der Waals surface area contributed by atoms with Crippen LogP contribution in [0.3, 0.4) is 0 Å². The number of carbonyl (C=O) groups excluding carboxylic acids is 1. The third kappa shape index (κ3) is 4.29. The van der Waals surface area contributed by atoms with Crippen LogP contribution >= 0.6 is 11.3 Å². The topological polar surface area (TPSA) is 111 Å². The van der Waals surface area contributed by atoms with E-state index >= 15 is 0 Å². The van der Waals surface area contributed by atoms with Crippen molar-refractivity contribution in [1.82, 2.24) is 10.3 Å². The zero-order valence-corrected chi connectivity index (χ0v) is 15.9. The van der Waals surface area contributed by atoms with Gasteiger partial charge in [0.05, 0.1) is 6.61 Å². The third-order valence-corrected chi connectivity index (χ3v) is 6.31. The number of aromatic nitrogens is 1. The smallest absolute Gasteiger partial charge is 0.313 e. The number of nitrogens with one attached hydrogen (secondary N) is 1. The number of benzene rings is 1. The maximum Gasteiger partial charge on any atom is 0.313 e. The van der Waals surface area contributed by atoms with Crippen molar-refractivity contribution in [3.63, 3.8) is 0 Å². The second-order valence-electron chi connectivity index (χ2n) is 5.86. The number of rotatable bonds is 7. The number of primary amides is 1. The average Bonchev–Trinajstić information content (AvgIpc) is 3.09. The minimum absolute atomic E-state index is 0.0187. The number of nitrogens with two attached hydrogens (primary N) is 1. The van der Waals surface area contributed by atoms with Gasteiger partial charge in [0.1, 0.15) is 21.5 Å². The van der Waals surface area contributed by atoms with Gasteiger partial charge in [-0.15, -0.1) is 11.3 Å². The molecule has 0 saturated heterocycles. The Bertz CT molecular complexity index is 846. The number of hydrogen-bond acceptors (Lipinski definition) is 6. The van der Waals surface area contributed by atoms with E-state index in [1.165, 1.54) is 11.3 Å². The molecule has 0 atom stereocenters. The Hall–Kier alpha value is -2.13. The molecule has 0 unspecified atom stereocenters. The lowest BCUT2D eigenvalue weighted by Gasteiger charge is -2.24. The highest BCUT2D eigenvalue weighted by molar-refractivity contribution is 7.91. The van der Waals surface area contributed by atoms with Crippen LogP contribution in [0.25, 0.3) is 0 Å². The molecular weight excluding hydrogens is 362 g/mol. The number of amides is 2. The summed E-state index contributed by atoms with van der Waals surface area (Å²) in [5, 5.41) is 4.87. The summed E-state index contributed by atoms with van der Waals surface area (Å²) in [5.41, 5.74) is 5.29. The SMILES string of the molecule is CCOc1ccc(C(C)(C)c2nccs2)cc1S(=O)(=O)CNC(N)=O. The highest BCUT2D eigenvalue weighted by Crippen LogP contribution is 2.36. The van der Waals surface area contributed by atoms with E-state index in [0.717, 1.165) is 10.6 Å². The monoisotopic (exact) mass is 383 g/mol. The van der Waals surface area contributed by atoms with Crippen LogP contribution in [0.15, 0.2) is 34.7 Å². The standard InChI is InChI=1S/C16H21N3O4S2/c1-4-23-12-6-5-11(16(2,3)14-18-7-8-24-14)9-13(12)25(21,22)10-19-15(17)20/h5-9H,4,10H2,1-3H3,(H3,17,19,20). The van der Waals surface area contributed by atoms with Gasteiger partial charge in [-0.05, 0) is 38.5 Å². The first-order valence-corrected chi connectivity index (χ1v) is 10.1. The summed E-state index contributed by atoms with van der Waals surface area (Å²) in [7, 11) is -3.81. The summed E-state index contributed by atoms with van der Waals surface area (Å²) in [5.74, 6) is -0.351. The lowest BCUT2D eigenvalue weighted by molar-refractivity contribution is 0.250. The molecule has 9 heteroatoms. The maximum absolute atomic E-state index is 12.6. The van der Waals surface area contributed by atoms with Crippen LogP contribution in [-0.4, -0.2) is 31.9 Å². The predicted molar refractivity (Wildman–Crippen MR) is 96.6 cm³/mol. The van der Waals surface area contributed by atoms with Crippen LogP contribution in [0.4, 0.5) is 4.79 Å². The average molecular weight is 383 g/mol. The molecule has 7 nitrogen and oxygen atoms in total. The Morgan fingerprint density at radius 2 is 2.12 bits per heavy atom. The third-order valence-electron chi connectivity index (χ3n) is 3.70. The van der Waals surface area contributed by atoms with E-state index in [4.69, 9.17) is 10.5 Å². The fourth-order valence-electron chi connectivity index (χ4n) is 2.31. The van der Waals surface area contributed by atoms with E-state index < -0.39 is 27.2 Å². The molecule has 0 fully saturated rings. The van der Waals surface area contributed by atoms with Gasteiger partial charge in [-0.3, -0.25) is 0 Å². The van der Waals surface area contributed by atoms with Crippen LogP contribution in [0.5, 0.6) is 5.75 Å². The van der Waals surface area contributed by atoms with Crippen molar-refractivity contribution in [1.29, 1.82) is 0 Å². The van der Waals surface area contributed by atoms with Crippen molar-refractivity contribution >= 4 is 27.2 Å². The van der Waals surface area contributed by atoms with Crippen molar-refractivity contribution in [2.24, 2.45) is 5.73 Å². The minimum Gasteiger partial charge on any atom is -0.493 e. The number of thiazole rings is 1. The Morgan fingerprint density at radius 1 is 1.40 bits per heavy atom. The van der Waals surface area contributed by atoms with Gasteiger partial charge in [-0.1, -0.05) is 6.07 Å². The number of ether oxygens (including phenoxy) is 1. The van der Waals surface area contributed by atoms with Gasteiger partial charge >= 0.3 is 6.03 Å². The van der Waals surface area contributed by atoms with E-state index in [0.29, 0.717) is 6.61 Å². The summed E-state index contributed by atoms with van der Waals surface area (Å²) in [6.07, 6.45) is 1.71. The molecule has 1 aromatic heterocycles. The number of carbonyl (C=O) groups is 1. The van der Waals surface area contributed by atoms with Gasteiger partial charge in [-0.25, -0.2) is 18.2 Å². The van der Waals surface area contributed by atoms with E-state index in [1.54, 1.807) is 25.3 Å². The Balaban J connectivity index is 2.52. The quantitative estimate of drug-likeness (QED) is 0.762. The molecule has 0 radical (unpaired) electrons. The summed E-state index contributed by atoms with van der Waals surface area (Å²) in [6, 6.07) is 4.13. The van der Waals surface area contributed by atoms with Crippen LogP contribution in [0.1, 0.15) is 31.3 Å². The van der Waals surface area contributed by atoms with E-state index in [1.807, 2.05) is 25.3 Å². The van der Waals surface area contributed by atoms with Crippen molar-refractivity contribution < 1.29 is 17.9 Å².